The molecule has 122 valence electrons. The molecule has 0 spiro atoms. The van der Waals surface area contributed by atoms with E-state index >= 15 is 0 Å². The zero-order valence-corrected chi connectivity index (χ0v) is 13.5. The van der Waals surface area contributed by atoms with Crippen LogP contribution in [0.5, 0.6) is 5.75 Å². The Labute approximate surface area is 135 Å². The second-order valence-electron chi connectivity index (χ2n) is 4.98. The Morgan fingerprint density at radius 2 is 1.96 bits per heavy atom. The van der Waals surface area contributed by atoms with Gasteiger partial charge in [0.05, 0.1) is 18.8 Å². The molecule has 0 amide bonds. The normalized spacial score (nSPS) is 15.1. The van der Waals surface area contributed by atoms with Crippen LogP contribution in [0.1, 0.15) is 25.0 Å². The van der Waals surface area contributed by atoms with Gasteiger partial charge in [-0.15, -0.1) is 0 Å². The number of fused-ring (bicyclic) bond motifs is 1. The van der Waals surface area contributed by atoms with Crippen molar-refractivity contribution in [3.63, 3.8) is 0 Å². The number of para-hydroxylation sites is 1. The van der Waals surface area contributed by atoms with E-state index in [1.54, 1.807) is 19.9 Å². The van der Waals surface area contributed by atoms with Gasteiger partial charge in [0.25, 0.3) is 0 Å². The summed E-state index contributed by atoms with van der Waals surface area (Å²) in [4.78, 5) is 24.0. The predicted molar refractivity (Wildman–Crippen MR) is 86.0 cm³/mol. The third-order valence-electron chi connectivity index (χ3n) is 3.33. The van der Waals surface area contributed by atoms with Crippen LogP contribution in [-0.4, -0.2) is 31.8 Å². The molecule has 0 fully saturated rings. The van der Waals surface area contributed by atoms with E-state index in [0.29, 0.717) is 16.9 Å². The Balaban J connectivity index is 2.47. The molecular weight excluding hydrogens is 296 g/mol. The molecule has 0 saturated heterocycles. The maximum atomic E-state index is 12.3. The highest BCUT2D eigenvalue weighted by molar-refractivity contribution is 6.01. The summed E-state index contributed by atoms with van der Waals surface area (Å²) in [6, 6.07) is 5.67. The number of hydrogen-bond donors (Lipinski definition) is 0. The van der Waals surface area contributed by atoms with Gasteiger partial charge in [0.1, 0.15) is 12.4 Å². The molecule has 1 heterocycles. The molecule has 5 heteroatoms. The average Bonchev–Trinajstić information content (AvgIpc) is 2.69. The maximum absolute atomic E-state index is 12.3. The average molecular weight is 316 g/mol. The van der Waals surface area contributed by atoms with Crippen LogP contribution < -0.4 is 4.74 Å². The molecule has 1 aromatic carbocycles. The quantitative estimate of drug-likeness (QED) is 0.631. The summed E-state index contributed by atoms with van der Waals surface area (Å²) in [5.74, 6) is -0.300. The van der Waals surface area contributed by atoms with Crippen LogP contribution in [0.2, 0.25) is 0 Å². The van der Waals surface area contributed by atoms with Crippen molar-refractivity contribution in [2.45, 2.75) is 20.8 Å². The Bertz CT molecular complexity index is 670. The van der Waals surface area contributed by atoms with Gasteiger partial charge in [-0.25, -0.2) is 9.59 Å². The first-order chi connectivity index (χ1) is 11.1. The zero-order valence-electron chi connectivity index (χ0n) is 13.5. The van der Waals surface area contributed by atoms with Crippen molar-refractivity contribution in [2.75, 3.05) is 19.8 Å². The summed E-state index contributed by atoms with van der Waals surface area (Å²) in [7, 11) is 0. The van der Waals surface area contributed by atoms with Crippen LogP contribution >= 0.6 is 0 Å². The van der Waals surface area contributed by atoms with Gasteiger partial charge in [0.2, 0.25) is 0 Å². The number of hydrogen-bond acceptors (Lipinski definition) is 5. The van der Waals surface area contributed by atoms with Crippen LogP contribution in [0.25, 0.3) is 6.08 Å². The minimum Gasteiger partial charge on any atom is -0.488 e. The molecule has 1 aliphatic rings. The first-order valence-electron chi connectivity index (χ1n) is 7.55. The molecule has 0 aliphatic carbocycles. The summed E-state index contributed by atoms with van der Waals surface area (Å²) in [5.41, 5.74) is 2.49. The lowest BCUT2D eigenvalue weighted by atomic mass is 10.0. The van der Waals surface area contributed by atoms with E-state index in [1.807, 2.05) is 25.1 Å². The highest BCUT2D eigenvalue weighted by atomic mass is 16.5. The molecule has 5 nitrogen and oxygen atoms in total. The van der Waals surface area contributed by atoms with Crippen molar-refractivity contribution in [3.05, 3.63) is 46.5 Å². The molecule has 2 rings (SSSR count). The number of ether oxygens (including phenoxy) is 3. The molecule has 1 aromatic rings. The van der Waals surface area contributed by atoms with Crippen molar-refractivity contribution in [3.8, 4) is 5.75 Å². The van der Waals surface area contributed by atoms with E-state index in [-0.39, 0.29) is 19.8 Å². The molecule has 0 unspecified atom stereocenters. The van der Waals surface area contributed by atoms with Crippen molar-refractivity contribution >= 4 is 18.0 Å². The first-order valence-corrected chi connectivity index (χ1v) is 7.55. The van der Waals surface area contributed by atoms with Crippen LogP contribution in [0.4, 0.5) is 0 Å². The fourth-order valence-electron chi connectivity index (χ4n) is 2.31. The van der Waals surface area contributed by atoms with Crippen molar-refractivity contribution in [1.29, 1.82) is 0 Å². The van der Waals surface area contributed by atoms with Crippen molar-refractivity contribution < 1.29 is 23.8 Å². The highest BCUT2D eigenvalue weighted by Crippen LogP contribution is 2.31. The maximum Gasteiger partial charge on any atom is 0.338 e. The lowest BCUT2D eigenvalue weighted by molar-refractivity contribution is -0.138. The first kappa shape index (κ1) is 16.8. The third-order valence-corrected chi connectivity index (χ3v) is 3.33. The number of esters is 2. The summed E-state index contributed by atoms with van der Waals surface area (Å²) in [6.45, 7) is 6.00. The lowest BCUT2D eigenvalue weighted by Crippen LogP contribution is -2.14. The Kier molecular flexibility index (Phi) is 5.57. The summed E-state index contributed by atoms with van der Waals surface area (Å²) in [6.07, 6.45) is 2.98. The molecule has 1 aliphatic heterocycles. The monoisotopic (exact) mass is 316 g/mol. The third kappa shape index (κ3) is 4.00. The minimum absolute atomic E-state index is 0.0985. The molecule has 0 radical (unpaired) electrons. The van der Waals surface area contributed by atoms with Gasteiger partial charge >= 0.3 is 11.9 Å². The molecule has 23 heavy (non-hydrogen) atoms. The van der Waals surface area contributed by atoms with Crippen LogP contribution in [0.15, 0.2) is 35.4 Å². The fraction of sp³-hybridized carbons (Fsp3) is 0.333. The largest absolute Gasteiger partial charge is 0.488 e. The van der Waals surface area contributed by atoms with E-state index in [0.717, 1.165) is 11.1 Å². The SMILES string of the molecule is CCOC(=O)/C=C1\COc2c(C)cccc2C=C1C(=O)OCC. The predicted octanol–water partition coefficient (Wildman–Crippen LogP) is 2.82. The summed E-state index contributed by atoms with van der Waals surface area (Å²) >= 11 is 0. The van der Waals surface area contributed by atoms with Gasteiger partial charge in [-0.05, 0) is 32.4 Å². The molecule has 0 N–H and O–H groups in total. The van der Waals surface area contributed by atoms with Gasteiger partial charge in [-0.1, -0.05) is 18.2 Å². The van der Waals surface area contributed by atoms with E-state index in [9.17, 15) is 9.59 Å². The van der Waals surface area contributed by atoms with E-state index in [2.05, 4.69) is 0 Å². The Hall–Kier alpha value is -2.56. The van der Waals surface area contributed by atoms with Gasteiger partial charge in [0.15, 0.2) is 0 Å². The van der Waals surface area contributed by atoms with Crippen LogP contribution in [0.3, 0.4) is 0 Å². The smallest absolute Gasteiger partial charge is 0.338 e. The number of aryl methyl sites for hydroxylation is 1. The van der Waals surface area contributed by atoms with Crippen LogP contribution in [0, 0.1) is 6.92 Å². The topological polar surface area (TPSA) is 61.8 Å². The van der Waals surface area contributed by atoms with Crippen LogP contribution in [-0.2, 0) is 19.1 Å². The van der Waals surface area contributed by atoms with Gasteiger partial charge in [-0.2, -0.15) is 0 Å². The number of rotatable bonds is 4. The molecule has 0 aromatic heterocycles. The lowest BCUT2D eigenvalue weighted by Gasteiger charge is -2.10. The summed E-state index contributed by atoms with van der Waals surface area (Å²) in [5, 5.41) is 0. The fourth-order valence-corrected chi connectivity index (χ4v) is 2.31. The molecule has 0 saturated carbocycles. The van der Waals surface area contributed by atoms with Gasteiger partial charge in [0, 0.05) is 17.2 Å². The second-order valence-corrected chi connectivity index (χ2v) is 4.98. The summed E-state index contributed by atoms with van der Waals surface area (Å²) < 4.78 is 15.8. The van der Waals surface area contributed by atoms with Gasteiger partial charge in [-0.3, -0.25) is 0 Å². The second kappa shape index (κ2) is 7.63. The Morgan fingerprint density at radius 3 is 2.65 bits per heavy atom. The van der Waals surface area contributed by atoms with E-state index < -0.39 is 11.9 Å². The Morgan fingerprint density at radius 1 is 1.22 bits per heavy atom. The number of carbonyl (C=O) groups excluding carboxylic acids is 2. The number of carbonyl (C=O) groups is 2. The zero-order chi connectivity index (χ0) is 16.8. The molecule has 0 atom stereocenters. The van der Waals surface area contributed by atoms with E-state index in [1.165, 1.54) is 6.08 Å². The van der Waals surface area contributed by atoms with Gasteiger partial charge < -0.3 is 14.2 Å². The highest BCUT2D eigenvalue weighted by Gasteiger charge is 2.22. The van der Waals surface area contributed by atoms with Crippen molar-refractivity contribution in [2.24, 2.45) is 0 Å². The minimum atomic E-state index is -0.510. The van der Waals surface area contributed by atoms with E-state index in [4.69, 9.17) is 14.2 Å². The molecular formula is C18H20O5. The molecule has 0 bridgehead atoms. The number of benzene rings is 1. The van der Waals surface area contributed by atoms with Crippen molar-refractivity contribution in [1.82, 2.24) is 0 Å². The standard InChI is InChI=1S/C18H20O5/c1-4-21-16(19)10-14-11-23-17-12(3)7-6-8-13(17)9-15(14)18(20)22-5-2/h6-10H,4-5,11H2,1-3H3/b14-10+.